The topological polar surface area (TPSA) is 98.5 Å². The number of nitriles is 1. The van der Waals surface area contributed by atoms with Crippen LogP contribution in [0.3, 0.4) is 0 Å². The van der Waals surface area contributed by atoms with Gasteiger partial charge in [-0.05, 0) is 18.2 Å². The molecule has 0 saturated carbocycles. The van der Waals surface area contributed by atoms with Crippen molar-refractivity contribution in [3.63, 3.8) is 0 Å². The van der Waals surface area contributed by atoms with Crippen LogP contribution in [-0.2, 0) is 14.8 Å². The fraction of sp³-hybridized carbons (Fsp3) is 0.200. The van der Waals surface area contributed by atoms with Crippen molar-refractivity contribution in [2.75, 3.05) is 13.6 Å². The van der Waals surface area contributed by atoms with Gasteiger partial charge >= 0.3 is 5.97 Å². The number of rotatable bonds is 4. The van der Waals surface area contributed by atoms with Gasteiger partial charge in [-0.3, -0.25) is 4.79 Å². The maximum Gasteiger partial charge on any atom is 0.318 e. The van der Waals surface area contributed by atoms with Gasteiger partial charge in [0.05, 0.1) is 5.56 Å². The molecule has 0 bridgehead atoms. The predicted octanol–water partition coefficient (Wildman–Crippen LogP) is 0.917. The summed E-state index contributed by atoms with van der Waals surface area (Å²) in [7, 11) is -2.90. The number of halogens is 1. The van der Waals surface area contributed by atoms with Gasteiger partial charge < -0.3 is 5.11 Å². The fourth-order valence-electron chi connectivity index (χ4n) is 1.26. The zero-order valence-corrected chi connectivity index (χ0v) is 10.9. The molecule has 8 heteroatoms. The number of aliphatic carboxylic acids is 1. The highest BCUT2D eigenvalue weighted by Gasteiger charge is 2.25. The first-order chi connectivity index (χ1) is 8.28. The van der Waals surface area contributed by atoms with Crippen molar-refractivity contribution in [1.82, 2.24) is 4.31 Å². The van der Waals surface area contributed by atoms with E-state index in [1.165, 1.54) is 18.2 Å². The summed E-state index contributed by atoms with van der Waals surface area (Å²) >= 11 is 5.66. The second kappa shape index (κ2) is 5.35. The molecule has 18 heavy (non-hydrogen) atoms. The summed E-state index contributed by atoms with van der Waals surface area (Å²) < 4.78 is 24.7. The molecular weight excluding hydrogens is 280 g/mol. The molecule has 1 rings (SSSR count). The Labute approximate surface area is 109 Å². The number of carboxylic acid groups (broad SMARTS) is 1. The number of nitrogens with zero attached hydrogens (tertiary/aromatic N) is 2. The van der Waals surface area contributed by atoms with Crippen molar-refractivity contribution in [2.24, 2.45) is 0 Å². The molecule has 0 spiro atoms. The van der Waals surface area contributed by atoms with E-state index in [0.29, 0.717) is 4.31 Å². The molecule has 0 aliphatic rings. The molecule has 0 atom stereocenters. The van der Waals surface area contributed by atoms with Crippen LogP contribution in [0.5, 0.6) is 0 Å². The largest absolute Gasteiger partial charge is 0.480 e. The Morgan fingerprint density at radius 3 is 2.67 bits per heavy atom. The smallest absolute Gasteiger partial charge is 0.318 e. The van der Waals surface area contributed by atoms with E-state index in [0.717, 1.165) is 7.05 Å². The molecular formula is C10H9ClN2O4S. The second-order valence-electron chi connectivity index (χ2n) is 3.41. The first-order valence-electron chi connectivity index (χ1n) is 4.67. The lowest BCUT2D eigenvalue weighted by Gasteiger charge is -2.15. The summed E-state index contributed by atoms with van der Waals surface area (Å²) in [6.45, 7) is -0.685. The van der Waals surface area contributed by atoms with Gasteiger partial charge in [0.2, 0.25) is 10.0 Å². The Hall–Kier alpha value is -1.62. The maximum atomic E-state index is 12.0. The first kappa shape index (κ1) is 14.4. The molecule has 0 heterocycles. The molecule has 0 aliphatic carbocycles. The molecule has 96 valence electrons. The van der Waals surface area contributed by atoms with Crippen molar-refractivity contribution in [2.45, 2.75) is 4.90 Å². The number of hydrogen-bond acceptors (Lipinski definition) is 4. The third kappa shape index (κ3) is 2.98. The average molecular weight is 289 g/mol. The molecule has 1 aromatic rings. The van der Waals surface area contributed by atoms with Crippen LogP contribution in [0.15, 0.2) is 23.1 Å². The van der Waals surface area contributed by atoms with Gasteiger partial charge in [-0.2, -0.15) is 9.57 Å². The first-order valence-corrected chi connectivity index (χ1v) is 6.48. The van der Waals surface area contributed by atoms with E-state index in [-0.39, 0.29) is 15.5 Å². The van der Waals surface area contributed by atoms with Crippen LogP contribution in [-0.4, -0.2) is 37.4 Å². The molecule has 0 unspecified atom stereocenters. The van der Waals surface area contributed by atoms with Crippen LogP contribution in [0.2, 0.25) is 5.02 Å². The zero-order valence-electron chi connectivity index (χ0n) is 9.29. The predicted molar refractivity (Wildman–Crippen MR) is 63.6 cm³/mol. The normalized spacial score (nSPS) is 11.2. The standard InChI is InChI=1S/C10H9ClN2O4S/c1-13(6-10(14)15)18(16,17)9-3-2-8(11)4-7(9)5-12/h2-4H,6H2,1H3,(H,14,15). The average Bonchev–Trinajstić information content (AvgIpc) is 2.27. The van der Waals surface area contributed by atoms with Gasteiger partial charge in [-0.1, -0.05) is 11.6 Å². The summed E-state index contributed by atoms with van der Waals surface area (Å²) in [5, 5.41) is 17.7. The van der Waals surface area contributed by atoms with E-state index < -0.39 is 22.5 Å². The van der Waals surface area contributed by atoms with Gasteiger partial charge in [0.15, 0.2) is 0 Å². The molecule has 0 amide bonds. The summed E-state index contributed by atoms with van der Waals surface area (Å²) in [6, 6.07) is 5.42. The molecule has 0 fully saturated rings. The van der Waals surface area contributed by atoms with Crippen molar-refractivity contribution >= 4 is 27.6 Å². The third-order valence-electron chi connectivity index (χ3n) is 2.11. The molecule has 1 N–H and O–H groups in total. The van der Waals surface area contributed by atoms with E-state index in [1.54, 1.807) is 6.07 Å². The molecule has 0 aliphatic heterocycles. The monoisotopic (exact) mass is 288 g/mol. The van der Waals surface area contributed by atoms with Crippen molar-refractivity contribution in [3.05, 3.63) is 28.8 Å². The SMILES string of the molecule is CN(CC(=O)O)S(=O)(=O)c1ccc(Cl)cc1C#N. The minimum atomic E-state index is -4.02. The van der Waals surface area contributed by atoms with E-state index >= 15 is 0 Å². The fourth-order valence-corrected chi connectivity index (χ4v) is 2.67. The van der Waals surface area contributed by atoms with Gasteiger partial charge in [0.25, 0.3) is 0 Å². The summed E-state index contributed by atoms with van der Waals surface area (Å²) in [4.78, 5) is 10.2. The minimum absolute atomic E-state index is 0.125. The van der Waals surface area contributed by atoms with Crippen LogP contribution < -0.4 is 0 Å². The van der Waals surface area contributed by atoms with E-state index in [1.807, 2.05) is 0 Å². The quantitative estimate of drug-likeness (QED) is 0.888. The van der Waals surface area contributed by atoms with E-state index in [9.17, 15) is 13.2 Å². The van der Waals surface area contributed by atoms with Crippen molar-refractivity contribution in [3.8, 4) is 6.07 Å². The number of benzene rings is 1. The third-order valence-corrected chi connectivity index (χ3v) is 4.20. The van der Waals surface area contributed by atoms with E-state index in [4.69, 9.17) is 22.0 Å². The lowest BCUT2D eigenvalue weighted by atomic mass is 10.2. The number of carbonyl (C=O) groups is 1. The second-order valence-corrected chi connectivity index (χ2v) is 5.86. The lowest BCUT2D eigenvalue weighted by molar-refractivity contribution is -0.137. The highest BCUT2D eigenvalue weighted by atomic mass is 35.5. The Kier molecular flexibility index (Phi) is 4.29. The molecule has 0 saturated heterocycles. The molecule has 0 radical (unpaired) electrons. The van der Waals surface area contributed by atoms with Gasteiger partial charge in [-0.25, -0.2) is 8.42 Å². The Bertz CT molecular complexity index is 621. The highest BCUT2D eigenvalue weighted by molar-refractivity contribution is 7.89. The minimum Gasteiger partial charge on any atom is -0.480 e. The summed E-state index contributed by atoms with van der Waals surface area (Å²) in [5.74, 6) is -1.28. The Morgan fingerprint density at radius 2 is 2.17 bits per heavy atom. The Morgan fingerprint density at radius 1 is 1.56 bits per heavy atom. The van der Waals surface area contributed by atoms with Crippen LogP contribution in [0.25, 0.3) is 0 Å². The molecule has 6 nitrogen and oxygen atoms in total. The summed E-state index contributed by atoms with van der Waals surface area (Å²) in [5.41, 5.74) is -0.125. The van der Waals surface area contributed by atoms with Crippen molar-refractivity contribution in [1.29, 1.82) is 5.26 Å². The maximum absolute atomic E-state index is 12.0. The van der Waals surface area contributed by atoms with E-state index in [2.05, 4.69) is 0 Å². The van der Waals surface area contributed by atoms with Crippen LogP contribution >= 0.6 is 11.6 Å². The molecule has 0 aromatic heterocycles. The van der Waals surface area contributed by atoms with Crippen molar-refractivity contribution < 1.29 is 18.3 Å². The van der Waals surface area contributed by atoms with Gasteiger partial charge in [-0.15, -0.1) is 0 Å². The Balaban J connectivity index is 3.29. The number of carboxylic acids is 1. The van der Waals surface area contributed by atoms with Crippen LogP contribution in [0, 0.1) is 11.3 Å². The van der Waals surface area contributed by atoms with Gasteiger partial charge in [0, 0.05) is 12.1 Å². The zero-order chi connectivity index (χ0) is 13.9. The number of sulfonamides is 1. The number of hydrogen-bond donors (Lipinski definition) is 1. The van der Waals surface area contributed by atoms with Crippen LogP contribution in [0.1, 0.15) is 5.56 Å². The van der Waals surface area contributed by atoms with Crippen LogP contribution in [0.4, 0.5) is 0 Å². The highest BCUT2D eigenvalue weighted by Crippen LogP contribution is 2.22. The summed E-state index contributed by atoms with van der Waals surface area (Å²) in [6.07, 6.45) is 0. The molecule has 1 aromatic carbocycles. The lowest BCUT2D eigenvalue weighted by Crippen LogP contribution is -2.32. The van der Waals surface area contributed by atoms with Gasteiger partial charge in [0.1, 0.15) is 17.5 Å². The number of likely N-dealkylation sites (N-methyl/N-ethyl adjacent to an activating group) is 1.